The monoisotopic (exact) mass is 270 g/mol. The van der Waals surface area contributed by atoms with Gasteiger partial charge in [0.25, 0.3) is 0 Å². The van der Waals surface area contributed by atoms with Crippen LogP contribution in [-0.2, 0) is 7.05 Å². The van der Waals surface area contributed by atoms with Crippen LogP contribution in [0.25, 0.3) is 16.8 Å². The quantitative estimate of drug-likeness (QED) is 0.682. The van der Waals surface area contributed by atoms with E-state index in [2.05, 4.69) is 10.2 Å². The lowest BCUT2D eigenvalue weighted by molar-refractivity contribution is 0.101. The Morgan fingerprint density at radius 1 is 1.40 bits per heavy atom. The van der Waals surface area contributed by atoms with Crippen molar-refractivity contribution in [2.75, 3.05) is 7.11 Å². The lowest BCUT2D eigenvalue weighted by atomic mass is 10.1. The fraction of sp³-hybridized carbons (Fsp3) is 0.214. The van der Waals surface area contributed by atoms with Gasteiger partial charge < -0.3 is 4.74 Å². The summed E-state index contributed by atoms with van der Waals surface area (Å²) in [6.45, 7) is 1.53. The summed E-state index contributed by atoms with van der Waals surface area (Å²) in [5.74, 6) is 0.573. The molecule has 0 N–H and O–H groups in total. The first-order valence-corrected chi connectivity index (χ1v) is 6.17. The Labute approximate surface area is 115 Å². The summed E-state index contributed by atoms with van der Waals surface area (Å²) in [6.07, 6.45) is 5.32. The molecule has 0 aliphatic rings. The molecule has 20 heavy (non-hydrogen) atoms. The number of pyridine rings is 1. The van der Waals surface area contributed by atoms with E-state index < -0.39 is 0 Å². The normalized spacial score (nSPS) is 10.9. The number of ether oxygens (including phenoxy) is 1. The molecule has 3 aromatic rings. The van der Waals surface area contributed by atoms with Crippen LogP contribution in [0.15, 0.2) is 30.7 Å². The predicted octanol–water partition coefficient (Wildman–Crippen LogP) is 1.95. The highest BCUT2D eigenvalue weighted by Gasteiger charge is 2.21. The maximum Gasteiger partial charge on any atom is 0.164 e. The number of rotatable bonds is 3. The van der Waals surface area contributed by atoms with Crippen LogP contribution < -0.4 is 4.74 Å². The van der Waals surface area contributed by atoms with E-state index in [-0.39, 0.29) is 5.78 Å². The van der Waals surface area contributed by atoms with Gasteiger partial charge in [0.1, 0.15) is 17.0 Å². The second-order valence-electron chi connectivity index (χ2n) is 4.55. The molecule has 0 saturated carbocycles. The van der Waals surface area contributed by atoms with Crippen molar-refractivity contribution in [3.05, 3.63) is 36.3 Å². The molecule has 3 rings (SSSR count). The molecule has 0 spiro atoms. The molecule has 0 radical (unpaired) electrons. The Hall–Kier alpha value is -2.63. The van der Waals surface area contributed by atoms with E-state index in [1.807, 2.05) is 25.4 Å². The molecule has 0 unspecified atom stereocenters. The van der Waals surface area contributed by atoms with Crippen LogP contribution in [0.5, 0.6) is 5.75 Å². The number of ketones is 1. The second-order valence-corrected chi connectivity index (χ2v) is 4.55. The molecular weight excluding hydrogens is 256 g/mol. The van der Waals surface area contributed by atoms with Gasteiger partial charge in [-0.2, -0.15) is 10.2 Å². The van der Waals surface area contributed by atoms with Crippen molar-refractivity contribution >= 4 is 11.3 Å². The summed E-state index contributed by atoms with van der Waals surface area (Å²) in [5.41, 5.74) is 2.66. The minimum Gasteiger partial charge on any atom is -0.494 e. The van der Waals surface area contributed by atoms with Crippen LogP contribution in [0.3, 0.4) is 0 Å². The van der Waals surface area contributed by atoms with Crippen molar-refractivity contribution in [3.8, 4) is 17.0 Å². The Morgan fingerprint density at radius 3 is 2.80 bits per heavy atom. The van der Waals surface area contributed by atoms with Gasteiger partial charge in [-0.05, 0) is 19.1 Å². The van der Waals surface area contributed by atoms with Gasteiger partial charge >= 0.3 is 0 Å². The number of nitrogens with zero attached hydrogens (tertiary/aromatic N) is 4. The van der Waals surface area contributed by atoms with Crippen LogP contribution in [-0.4, -0.2) is 32.3 Å². The van der Waals surface area contributed by atoms with E-state index in [0.29, 0.717) is 22.5 Å². The zero-order valence-corrected chi connectivity index (χ0v) is 11.5. The molecule has 3 heterocycles. The van der Waals surface area contributed by atoms with Crippen LogP contribution in [0.4, 0.5) is 0 Å². The van der Waals surface area contributed by atoms with E-state index in [1.165, 1.54) is 6.92 Å². The second kappa shape index (κ2) is 4.48. The van der Waals surface area contributed by atoms with E-state index in [4.69, 9.17) is 4.74 Å². The molecule has 6 nitrogen and oxygen atoms in total. The minimum atomic E-state index is -0.0525. The number of Topliss-reactive ketones (excluding diaryl/α,β-unsaturated/α-hetero) is 1. The molecule has 0 atom stereocenters. The molecule has 6 heteroatoms. The topological polar surface area (TPSA) is 61.4 Å². The summed E-state index contributed by atoms with van der Waals surface area (Å²) in [7, 11) is 3.41. The van der Waals surface area contributed by atoms with Crippen molar-refractivity contribution in [2.45, 2.75) is 6.92 Å². The van der Waals surface area contributed by atoms with Crippen LogP contribution in [0.2, 0.25) is 0 Å². The van der Waals surface area contributed by atoms with Crippen molar-refractivity contribution in [1.29, 1.82) is 0 Å². The Bertz CT molecular complexity index is 801. The molecule has 0 aliphatic heterocycles. The third-order valence-corrected chi connectivity index (χ3v) is 3.17. The molecule has 0 amide bonds. The van der Waals surface area contributed by atoms with Gasteiger partial charge in [0.05, 0.1) is 18.9 Å². The van der Waals surface area contributed by atoms with Crippen molar-refractivity contribution in [2.24, 2.45) is 7.05 Å². The third-order valence-electron chi connectivity index (χ3n) is 3.17. The number of hydrogen-bond acceptors (Lipinski definition) is 4. The number of aromatic nitrogens is 4. The van der Waals surface area contributed by atoms with E-state index in [1.54, 1.807) is 28.7 Å². The largest absolute Gasteiger partial charge is 0.494 e. The van der Waals surface area contributed by atoms with Gasteiger partial charge in [0.15, 0.2) is 5.78 Å². The van der Waals surface area contributed by atoms with E-state index in [0.717, 1.165) is 5.56 Å². The summed E-state index contributed by atoms with van der Waals surface area (Å²) >= 11 is 0. The maximum absolute atomic E-state index is 12.1. The lowest BCUT2D eigenvalue weighted by Gasteiger charge is -2.03. The maximum atomic E-state index is 12.1. The van der Waals surface area contributed by atoms with Gasteiger partial charge in [-0.25, -0.2) is 4.52 Å². The lowest BCUT2D eigenvalue weighted by Crippen LogP contribution is -1.96. The molecule has 0 saturated heterocycles. The Balaban J connectivity index is 2.38. The summed E-state index contributed by atoms with van der Waals surface area (Å²) in [6, 6.07) is 3.65. The Morgan fingerprint density at radius 2 is 2.20 bits per heavy atom. The summed E-state index contributed by atoms with van der Waals surface area (Å²) in [4.78, 5) is 12.1. The van der Waals surface area contributed by atoms with Gasteiger partial charge in [-0.1, -0.05) is 0 Å². The van der Waals surface area contributed by atoms with Crippen molar-refractivity contribution in [1.82, 2.24) is 19.4 Å². The first kappa shape index (κ1) is 12.4. The molecule has 0 aromatic carbocycles. The minimum absolute atomic E-state index is 0.0525. The smallest absolute Gasteiger partial charge is 0.164 e. The molecular formula is C14H14N4O2. The number of methoxy groups -OCH3 is 1. The van der Waals surface area contributed by atoms with Crippen LogP contribution in [0, 0.1) is 0 Å². The number of carbonyl (C=O) groups is 1. The average molecular weight is 270 g/mol. The zero-order valence-electron chi connectivity index (χ0n) is 11.5. The molecule has 0 aliphatic carbocycles. The van der Waals surface area contributed by atoms with E-state index in [9.17, 15) is 4.79 Å². The molecule has 0 fully saturated rings. The van der Waals surface area contributed by atoms with Gasteiger partial charge in [0, 0.05) is 25.0 Å². The summed E-state index contributed by atoms with van der Waals surface area (Å²) in [5, 5.41) is 8.62. The number of hydrogen-bond donors (Lipinski definition) is 0. The number of aryl methyl sites for hydroxylation is 1. The van der Waals surface area contributed by atoms with Gasteiger partial charge in [0.2, 0.25) is 0 Å². The molecule has 0 bridgehead atoms. The number of carbonyl (C=O) groups excluding carboxylic acids is 1. The Kier molecular flexibility index (Phi) is 2.78. The SMILES string of the molecule is COc1cccn2nc(-c3cnn(C)c3)c(C(C)=O)c12. The highest BCUT2D eigenvalue weighted by Crippen LogP contribution is 2.31. The fourth-order valence-corrected chi connectivity index (χ4v) is 2.31. The van der Waals surface area contributed by atoms with Crippen molar-refractivity contribution in [3.63, 3.8) is 0 Å². The van der Waals surface area contributed by atoms with E-state index >= 15 is 0 Å². The highest BCUT2D eigenvalue weighted by molar-refractivity contribution is 6.07. The first-order chi connectivity index (χ1) is 9.61. The molecule has 3 aromatic heterocycles. The van der Waals surface area contributed by atoms with Crippen LogP contribution in [0.1, 0.15) is 17.3 Å². The highest BCUT2D eigenvalue weighted by atomic mass is 16.5. The number of fused-ring (bicyclic) bond motifs is 1. The van der Waals surface area contributed by atoms with Crippen LogP contribution >= 0.6 is 0 Å². The zero-order chi connectivity index (χ0) is 14.3. The average Bonchev–Trinajstić information content (AvgIpc) is 3.01. The van der Waals surface area contributed by atoms with Gasteiger partial charge in [-0.15, -0.1) is 0 Å². The van der Waals surface area contributed by atoms with Gasteiger partial charge in [-0.3, -0.25) is 9.48 Å². The molecule has 102 valence electrons. The predicted molar refractivity (Wildman–Crippen MR) is 74.0 cm³/mol. The standard InChI is InChI=1S/C14H14N4O2/c1-9(19)12-13(10-7-15-17(2)8-10)16-18-6-4-5-11(20-3)14(12)18/h4-8H,1-3H3. The summed E-state index contributed by atoms with van der Waals surface area (Å²) < 4.78 is 8.68. The fourth-order valence-electron chi connectivity index (χ4n) is 2.31. The third kappa shape index (κ3) is 1.77. The first-order valence-electron chi connectivity index (χ1n) is 6.17. The van der Waals surface area contributed by atoms with Crippen molar-refractivity contribution < 1.29 is 9.53 Å².